The van der Waals surface area contributed by atoms with Gasteiger partial charge in [0.2, 0.25) is 0 Å². The molecule has 2 N–H and O–H groups in total. The van der Waals surface area contributed by atoms with Crippen molar-refractivity contribution in [2.75, 3.05) is 17.6 Å². The largest absolute Gasteiger partial charge is 0.497 e. The Morgan fingerprint density at radius 1 is 0.955 bits per heavy atom. The lowest BCUT2D eigenvalue weighted by molar-refractivity contribution is 0.415. The van der Waals surface area contributed by atoms with E-state index >= 15 is 0 Å². The smallest absolute Gasteiger partial charge is 0.407 e. The fraction of sp³-hybridized carbons (Fsp3) is 0.0588. The average molecular weight is 309 g/mol. The second kappa shape index (κ2) is 5.14. The zero-order chi connectivity index (χ0) is 15.1. The van der Waals surface area contributed by atoms with Crippen LogP contribution in [0.5, 0.6) is 5.75 Å². The molecule has 3 aromatic carbocycles. The Morgan fingerprint density at radius 2 is 1.64 bits per heavy atom. The first-order valence-electron chi connectivity index (χ1n) is 7.14. The van der Waals surface area contributed by atoms with E-state index in [1.165, 1.54) is 10.8 Å². The molecule has 0 fully saturated rings. The lowest BCUT2D eigenvalue weighted by Crippen LogP contribution is -2.48. The van der Waals surface area contributed by atoms with Gasteiger partial charge in [-0.25, -0.2) is 0 Å². The third kappa shape index (κ3) is 2.07. The van der Waals surface area contributed by atoms with Crippen LogP contribution in [0.2, 0.25) is 5.02 Å². The molecule has 4 rings (SSSR count). The van der Waals surface area contributed by atoms with Crippen LogP contribution in [0.25, 0.3) is 10.8 Å². The summed E-state index contributed by atoms with van der Waals surface area (Å²) in [6.45, 7) is -0.0705. The lowest BCUT2D eigenvalue weighted by atomic mass is 9.66. The number of hydrogen-bond acceptors (Lipinski definition) is 3. The zero-order valence-corrected chi connectivity index (χ0v) is 12.8. The second-order valence-corrected chi connectivity index (χ2v) is 5.73. The number of anilines is 2. The number of methoxy groups -OCH3 is 1. The number of nitrogens with one attached hydrogen (secondary N) is 2. The molecule has 0 unspecified atom stereocenters. The summed E-state index contributed by atoms with van der Waals surface area (Å²) in [5.41, 5.74) is 3.22. The molecule has 108 valence electrons. The van der Waals surface area contributed by atoms with Gasteiger partial charge in [-0.1, -0.05) is 41.9 Å². The predicted molar refractivity (Wildman–Crippen MR) is 94.6 cm³/mol. The van der Waals surface area contributed by atoms with E-state index in [4.69, 9.17) is 16.3 Å². The van der Waals surface area contributed by atoms with Crippen molar-refractivity contribution < 1.29 is 4.74 Å². The van der Waals surface area contributed by atoms with Crippen molar-refractivity contribution in [3.05, 3.63) is 59.6 Å². The van der Waals surface area contributed by atoms with Crippen LogP contribution in [0.15, 0.2) is 54.6 Å². The SMILES string of the molecule is COc1ccc(B2Nc3cccc4cccc(c34)N2)c(Cl)c1. The van der Waals surface area contributed by atoms with Gasteiger partial charge >= 0.3 is 6.98 Å². The molecule has 5 heteroatoms. The molecule has 0 amide bonds. The molecule has 1 aliphatic heterocycles. The van der Waals surface area contributed by atoms with Gasteiger partial charge in [0.05, 0.1) is 7.11 Å². The number of benzene rings is 3. The number of hydrogen-bond donors (Lipinski definition) is 2. The Kier molecular flexibility index (Phi) is 3.12. The van der Waals surface area contributed by atoms with Crippen LogP contribution < -0.4 is 20.7 Å². The van der Waals surface area contributed by atoms with E-state index in [2.05, 4.69) is 46.9 Å². The highest BCUT2D eigenvalue weighted by molar-refractivity contribution is 6.82. The van der Waals surface area contributed by atoms with E-state index in [1.54, 1.807) is 7.11 Å². The van der Waals surface area contributed by atoms with E-state index in [1.807, 2.05) is 18.2 Å². The molecule has 0 aromatic heterocycles. The van der Waals surface area contributed by atoms with Gasteiger partial charge in [0.15, 0.2) is 0 Å². The molecule has 3 aromatic rings. The van der Waals surface area contributed by atoms with Crippen LogP contribution in [-0.4, -0.2) is 14.1 Å². The molecule has 3 nitrogen and oxygen atoms in total. The standard InChI is InChI=1S/C17H14BClN2O/c1-22-12-8-9-13(14(19)10-12)18-20-15-6-2-4-11-5-3-7-16(21-18)17(11)15/h2-10,20-21H,1H3. The van der Waals surface area contributed by atoms with Crippen molar-refractivity contribution in [2.24, 2.45) is 0 Å². The Morgan fingerprint density at radius 3 is 2.23 bits per heavy atom. The summed E-state index contributed by atoms with van der Waals surface area (Å²) < 4.78 is 5.21. The summed E-state index contributed by atoms with van der Waals surface area (Å²) >= 11 is 6.41. The van der Waals surface area contributed by atoms with Gasteiger partial charge in [-0.05, 0) is 35.1 Å². The predicted octanol–water partition coefficient (Wildman–Crippen LogP) is 3.73. The molecule has 0 saturated heterocycles. The average Bonchev–Trinajstić information content (AvgIpc) is 2.55. The molecular formula is C17H14BClN2O. The molecule has 0 aliphatic carbocycles. The van der Waals surface area contributed by atoms with Gasteiger partial charge in [0, 0.05) is 21.8 Å². The minimum absolute atomic E-state index is 0.0705. The molecule has 0 atom stereocenters. The molecule has 0 bridgehead atoms. The third-order valence-corrected chi connectivity index (χ3v) is 4.35. The summed E-state index contributed by atoms with van der Waals surface area (Å²) in [5.74, 6) is 0.757. The first kappa shape index (κ1) is 13.3. The van der Waals surface area contributed by atoms with Gasteiger partial charge < -0.3 is 15.2 Å². The Hall–Kier alpha value is -2.33. The summed E-state index contributed by atoms with van der Waals surface area (Å²) in [6.07, 6.45) is 0. The lowest BCUT2D eigenvalue weighted by Gasteiger charge is -2.27. The topological polar surface area (TPSA) is 33.3 Å². The molecule has 0 saturated carbocycles. The molecule has 22 heavy (non-hydrogen) atoms. The minimum atomic E-state index is -0.0705. The van der Waals surface area contributed by atoms with Gasteiger partial charge in [-0.15, -0.1) is 0 Å². The van der Waals surface area contributed by atoms with E-state index < -0.39 is 0 Å². The van der Waals surface area contributed by atoms with Crippen LogP contribution >= 0.6 is 11.6 Å². The van der Waals surface area contributed by atoms with E-state index in [-0.39, 0.29) is 6.98 Å². The van der Waals surface area contributed by atoms with Crippen molar-refractivity contribution in [3.63, 3.8) is 0 Å². The summed E-state index contributed by atoms with van der Waals surface area (Å²) in [7, 11) is 1.64. The number of ether oxygens (including phenoxy) is 1. The highest BCUT2D eigenvalue weighted by Crippen LogP contribution is 2.34. The van der Waals surface area contributed by atoms with E-state index in [9.17, 15) is 0 Å². The molecule has 0 spiro atoms. The highest BCUT2D eigenvalue weighted by Gasteiger charge is 2.27. The maximum absolute atomic E-state index is 6.41. The minimum Gasteiger partial charge on any atom is -0.497 e. The van der Waals surface area contributed by atoms with Gasteiger partial charge in [-0.2, -0.15) is 0 Å². The van der Waals surface area contributed by atoms with Gasteiger partial charge in [0.25, 0.3) is 0 Å². The van der Waals surface area contributed by atoms with Crippen LogP contribution in [0.1, 0.15) is 0 Å². The van der Waals surface area contributed by atoms with Crippen molar-refractivity contribution in [3.8, 4) is 5.75 Å². The molecule has 1 heterocycles. The van der Waals surface area contributed by atoms with Crippen molar-refractivity contribution in [2.45, 2.75) is 0 Å². The van der Waals surface area contributed by atoms with Crippen LogP contribution in [0, 0.1) is 0 Å². The Balaban J connectivity index is 1.78. The van der Waals surface area contributed by atoms with Crippen molar-refractivity contribution in [1.29, 1.82) is 0 Å². The molecular weight excluding hydrogens is 294 g/mol. The number of rotatable bonds is 2. The van der Waals surface area contributed by atoms with E-state index in [0.717, 1.165) is 22.6 Å². The number of halogens is 1. The van der Waals surface area contributed by atoms with Crippen molar-refractivity contribution >= 4 is 46.2 Å². The van der Waals surface area contributed by atoms with Gasteiger partial charge in [0.1, 0.15) is 5.75 Å². The Bertz CT molecular complexity index is 828. The normalized spacial score (nSPS) is 12.7. The first-order valence-corrected chi connectivity index (χ1v) is 7.52. The fourth-order valence-corrected chi connectivity index (χ4v) is 3.23. The van der Waals surface area contributed by atoms with E-state index in [0.29, 0.717) is 5.02 Å². The quantitative estimate of drug-likeness (QED) is 0.708. The van der Waals surface area contributed by atoms with Gasteiger partial charge in [-0.3, -0.25) is 0 Å². The van der Waals surface area contributed by atoms with Crippen LogP contribution in [0.3, 0.4) is 0 Å². The van der Waals surface area contributed by atoms with Crippen LogP contribution in [-0.2, 0) is 0 Å². The zero-order valence-electron chi connectivity index (χ0n) is 12.1. The maximum atomic E-state index is 6.41. The first-order chi connectivity index (χ1) is 10.8. The maximum Gasteiger partial charge on any atom is 0.407 e. The van der Waals surface area contributed by atoms with Crippen molar-refractivity contribution in [1.82, 2.24) is 0 Å². The third-order valence-electron chi connectivity index (χ3n) is 4.02. The molecule has 0 radical (unpaired) electrons. The highest BCUT2D eigenvalue weighted by atomic mass is 35.5. The summed E-state index contributed by atoms with van der Waals surface area (Å²) in [4.78, 5) is 0. The fourth-order valence-electron chi connectivity index (χ4n) is 2.95. The second-order valence-electron chi connectivity index (χ2n) is 5.32. The Labute approximate surface area is 134 Å². The summed E-state index contributed by atoms with van der Waals surface area (Å²) in [5, 5.41) is 10.1. The van der Waals surface area contributed by atoms with Crippen LogP contribution in [0.4, 0.5) is 11.4 Å². The molecule has 1 aliphatic rings. The monoisotopic (exact) mass is 308 g/mol. The summed E-state index contributed by atoms with van der Waals surface area (Å²) in [6, 6.07) is 18.3.